The Morgan fingerprint density at radius 2 is 1.77 bits per heavy atom. The molecule has 2 aromatic carbocycles. The van der Waals surface area contributed by atoms with E-state index in [1.807, 2.05) is 47.6 Å². The van der Waals surface area contributed by atoms with Gasteiger partial charge in [-0.15, -0.1) is 0 Å². The second-order valence-electron chi connectivity index (χ2n) is 10.9. The molecule has 0 radical (unpaired) electrons. The van der Waals surface area contributed by atoms with Gasteiger partial charge in [0, 0.05) is 60.3 Å². The number of methoxy groups -OCH3 is 2. The van der Waals surface area contributed by atoms with Crippen LogP contribution in [0.25, 0.3) is 33.2 Å². The van der Waals surface area contributed by atoms with Crippen molar-refractivity contribution in [3.63, 3.8) is 0 Å². The predicted molar refractivity (Wildman–Crippen MR) is 170 cm³/mol. The van der Waals surface area contributed by atoms with Gasteiger partial charge in [-0.25, -0.2) is 19.9 Å². The van der Waals surface area contributed by atoms with Crippen molar-refractivity contribution in [2.45, 2.75) is 38.8 Å². The Labute approximate surface area is 255 Å². The molecule has 1 unspecified atom stereocenters. The monoisotopic (exact) mass is 587 g/mol. The number of anilines is 2. The van der Waals surface area contributed by atoms with Gasteiger partial charge in [0.05, 0.1) is 26.2 Å². The Kier molecular flexibility index (Phi) is 7.49. The van der Waals surface area contributed by atoms with E-state index in [1.54, 1.807) is 20.5 Å². The van der Waals surface area contributed by atoms with E-state index < -0.39 is 0 Å². The Balaban J connectivity index is 1.27. The molecular weight excluding hydrogens is 554 g/mol. The summed E-state index contributed by atoms with van der Waals surface area (Å²) in [5.41, 5.74) is 7.28. The lowest BCUT2D eigenvalue weighted by Gasteiger charge is -2.23. The summed E-state index contributed by atoms with van der Waals surface area (Å²) >= 11 is 0. The minimum Gasteiger partial charge on any atom is -0.497 e. The molecule has 1 atom stereocenters. The van der Waals surface area contributed by atoms with E-state index in [-0.39, 0.29) is 6.23 Å². The first-order chi connectivity index (χ1) is 21.6. The molecule has 0 aliphatic carbocycles. The minimum atomic E-state index is -0.0577. The molecule has 10 heteroatoms. The fourth-order valence-electron chi connectivity index (χ4n) is 5.94. The highest BCUT2D eigenvalue weighted by Gasteiger charge is 2.22. The number of pyridine rings is 2. The van der Waals surface area contributed by atoms with Gasteiger partial charge in [0.15, 0.2) is 5.65 Å². The zero-order chi connectivity index (χ0) is 30.0. The molecule has 1 saturated heterocycles. The molecule has 4 aromatic heterocycles. The third-order valence-corrected chi connectivity index (χ3v) is 8.22. The third kappa shape index (κ3) is 5.17. The Morgan fingerprint density at radius 3 is 2.57 bits per heavy atom. The van der Waals surface area contributed by atoms with Crippen LogP contribution in [0.4, 0.5) is 11.5 Å². The molecule has 0 amide bonds. The van der Waals surface area contributed by atoms with Crippen molar-refractivity contribution in [2.24, 2.45) is 0 Å². The molecule has 0 bridgehead atoms. The van der Waals surface area contributed by atoms with Crippen molar-refractivity contribution in [2.75, 3.05) is 26.1 Å². The zero-order valence-electron chi connectivity index (χ0n) is 24.9. The average molecular weight is 588 g/mol. The van der Waals surface area contributed by atoms with Crippen molar-refractivity contribution in [1.29, 1.82) is 0 Å². The molecule has 1 aliphatic heterocycles. The molecule has 7 rings (SSSR count). The van der Waals surface area contributed by atoms with Crippen molar-refractivity contribution >= 4 is 33.4 Å². The standard InChI is InChI=1S/C34H33N7O3/c1-21-9-10-26-25(11-13-36-33(26)40-22-15-23(42-2)17-24(16-22)43-3)28(21)18-29-27(7-6-12-35-29)31-32-34(38-19-37-31)41(20-39-32)30-8-4-5-14-44-30/h6-7,9-13,15-17,19-20,30H,4-5,8,14,18H2,1-3H3,(H,36,40). The van der Waals surface area contributed by atoms with Gasteiger partial charge in [0.25, 0.3) is 0 Å². The maximum Gasteiger partial charge on any atom is 0.165 e. The van der Waals surface area contributed by atoms with Gasteiger partial charge in [0.2, 0.25) is 0 Å². The molecule has 10 nitrogen and oxygen atoms in total. The summed E-state index contributed by atoms with van der Waals surface area (Å²) in [7, 11) is 3.28. The number of aromatic nitrogens is 6. The first-order valence-corrected chi connectivity index (χ1v) is 14.7. The summed E-state index contributed by atoms with van der Waals surface area (Å²) in [6.07, 6.45) is 10.8. The Hall–Kier alpha value is -5.09. The number of hydrogen-bond donors (Lipinski definition) is 1. The van der Waals surface area contributed by atoms with E-state index in [1.165, 1.54) is 11.1 Å². The SMILES string of the molecule is COc1cc(Nc2nccc3c(Cc4ncccc4-c4ncnc5c4ncn5C4CCCCO4)c(C)ccc23)cc(OC)c1. The van der Waals surface area contributed by atoms with Gasteiger partial charge in [-0.3, -0.25) is 9.55 Å². The van der Waals surface area contributed by atoms with Crippen LogP contribution >= 0.6 is 0 Å². The fraction of sp³-hybridized carbons (Fsp3) is 0.265. The highest BCUT2D eigenvalue weighted by atomic mass is 16.5. The van der Waals surface area contributed by atoms with E-state index in [0.29, 0.717) is 17.9 Å². The first kappa shape index (κ1) is 27.7. The summed E-state index contributed by atoms with van der Waals surface area (Å²) in [6, 6.07) is 16.0. The minimum absolute atomic E-state index is 0.0577. The largest absolute Gasteiger partial charge is 0.497 e. The van der Waals surface area contributed by atoms with Crippen LogP contribution in [0.2, 0.25) is 0 Å². The molecule has 5 heterocycles. The van der Waals surface area contributed by atoms with Crippen molar-refractivity contribution in [3.05, 3.63) is 90.4 Å². The number of imidazole rings is 1. The lowest BCUT2D eigenvalue weighted by molar-refractivity contribution is -0.0298. The fourth-order valence-corrected chi connectivity index (χ4v) is 5.94. The van der Waals surface area contributed by atoms with Gasteiger partial charge in [-0.2, -0.15) is 0 Å². The Morgan fingerprint density at radius 1 is 0.909 bits per heavy atom. The maximum atomic E-state index is 6.03. The highest BCUT2D eigenvalue weighted by Crippen LogP contribution is 2.35. The second-order valence-corrected chi connectivity index (χ2v) is 10.9. The number of nitrogens with zero attached hydrogens (tertiary/aromatic N) is 6. The summed E-state index contributed by atoms with van der Waals surface area (Å²) < 4.78 is 19.0. The quantitative estimate of drug-likeness (QED) is 0.206. The van der Waals surface area contributed by atoms with E-state index in [9.17, 15) is 0 Å². The number of rotatable bonds is 8. The van der Waals surface area contributed by atoms with Crippen molar-refractivity contribution in [3.8, 4) is 22.8 Å². The maximum absolute atomic E-state index is 6.03. The van der Waals surface area contributed by atoms with Crippen LogP contribution in [-0.4, -0.2) is 50.3 Å². The lowest BCUT2D eigenvalue weighted by atomic mass is 9.94. The van der Waals surface area contributed by atoms with Crippen LogP contribution in [0.1, 0.15) is 42.3 Å². The summed E-state index contributed by atoms with van der Waals surface area (Å²) in [5.74, 6) is 2.13. The van der Waals surface area contributed by atoms with Crippen LogP contribution in [0.5, 0.6) is 11.5 Å². The van der Waals surface area contributed by atoms with Gasteiger partial charge >= 0.3 is 0 Å². The highest BCUT2D eigenvalue weighted by molar-refractivity contribution is 5.96. The lowest BCUT2D eigenvalue weighted by Crippen LogP contribution is -2.17. The van der Waals surface area contributed by atoms with E-state index in [2.05, 4.69) is 46.5 Å². The number of nitrogens with one attached hydrogen (secondary N) is 1. The van der Waals surface area contributed by atoms with Gasteiger partial charge in [-0.1, -0.05) is 12.1 Å². The molecular formula is C34H33N7O3. The summed E-state index contributed by atoms with van der Waals surface area (Å²) in [6.45, 7) is 2.88. The molecule has 0 spiro atoms. The van der Waals surface area contributed by atoms with E-state index in [0.717, 1.165) is 76.3 Å². The number of fused-ring (bicyclic) bond motifs is 2. The smallest absolute Gasteiger partial charge is 0.165 e. The Bertz CT molecular complexity index is 1940. The normalized spacial score (nSPS) is 15.0. The average Bonchev–Trinajstić information content (AvgIpc) is 3.51. The number of ether oxygens (including phenoxy) is 3. The zero-order valence-corrected chi connectivity index (χ0v) is 24.9. The predicted octanol–water partition coefficient (Wildman–Crippen LogP) is 6.80. The van der Waals surface area contributed by atoms with Crippen molar-refractivity contribution in [1.82, 2.24) is 29.5 Å². The van der Waals surface area contributed by atoms with Crippen LogP contribution in [-0.2, 0) is 11.2 Å². The van der Waals surface area contributed by atoms with Crippen LogP contribution in [0.15, 0.2) is 73.6 Å². The molecule has 1 N–H and O–H groups in total. The second kappa shape index (κ2) is 11.9. The van der Waals surface area contributed by atoms with Crippen molar-refractivity contribution < 1.29 is 14.2 Å². The van der Waals surface area contributed by atoms with Crippen LogP contribution in [0, 0.1) is 6.92 Å². The van der Waals surface area contributed by atoms with Crippen LogP contribution < -0.4 is 14.8 Å². The molecule has 0 saturated carbocycles. The van der Waals surface area contributed by atoms with Gasteiger partial charge in [0.1, 0.15) is 41.1 Å². The first-order valence-electron chi connectivity index (χ1n) is 14.7. The van der Waals surface area contributed by atoms with E-state index in [4.69, 9.17) is 29.2 Å². The van der Waals surface area contributed by atoms with Gasteiger partial charge in [-0.05, 0) is 60.9 Å². The van der Waals surface area contributed by atoms with E-state index >= 15 is 0 Å². The summed E-state index contributed by atoms with van der Waals surface area (Å²) in [5, 5.41) is 5.57. The van der Waals surface area contributed by atoms with Gasteiger partial charge < -0.3 is 19.5 Å². The number of hydrogen-bond acceptors (Lipinski definition) is 9. The molecule has 44 heavy (non-hydrogen) atoms. The number of benzene rings is 2. The third-order valence-electron chi connectivity index (χ3n) is 8.22. The summed E-state index contributed by atoms with van der Waals surface area (Å²) in [4.78, 5) is 23.6. The topological polar surface area (TPSA) is 109 Å². The molecule has 1 aliphatic rings. The molecule has 6 aromatic rings. The molecule has 1 fully saturated rings. The van der Waals surface area contributed by atoms with Crippen LogP contribution in [0.3, 0.4) is 0 Å². The number of aryl methyl sites for hydroxylation is 1. The molecule has 222 valence electrons.